The highest BCUT2D eigenvalue weighted by molar-refractivity contribution is 5.64. The SMILES string of the molecule is CCCCc1c(-c2ccccc2)nn(C)c1CN(CCCC)Cc1ccc2c(c1)OCO2. The van der Waals surface area contributed by atoms with Gasteiger partial charge in [0, 0.05) is 31.3 Å². The van der Waals surface area contributed by atoms with Crippen molar-refractivity contribution in [1.29, 1.82) is 0 Å². The van der Waals surface area contributed by atoms with E-state index in [2.05, 4.69) is 72.9 Å². The molecule has 0 aliphatic carbocycles. The monoisotopic (exact) mass is 433 g/mol. The molecule has 0 fully saturated rings. The van der Waals surface area contributed by atoms with Crippen LogP contribution in [0.4, 0.5) is 0 Å². The third-order valence-electron chi connectivity index (χ3n) is 6.15. The van der Waals surface area contributed by atoms with Crippen molar-refractivity contribution in [2.24, 2.45) is 7.05 Å². The summed E-state index contributed by atoms with van der Waals surface area (Å²) in [6, 6.07) is 16.9. The number of aromatic nitrogens is 2. The van der Waals surface area contributed by atoms with Gasteiger partial charge in [-0.2, -0.15) is 5.10 Å². The first-order valence-corrected chi connectivity index (χ1v) is 11.9. The van der Waals surface area contributed by atoms with Crippen LogP contribution in [0.3, 0.4) is 0 Å². The number of benzene rings is 2. The fourth-order valence-corrected chi connectivity index (χ4v) is 4.35. The number of fused-ring (bicyclic) bond motifs is 1. The molecule has 0 saturated heterocycles. The summed E-state index contributed by atoms with van der Waals surface area (Å²) in [6.07, 6.45) is 5.78. The number of nitrogens with zero attached hydrogens (tertiary/aromatic N) is 3. The van der Waals surface area contributed by atoms with E-state index in [0.717, 1.165) is 43.2 Å². The summed E-state index contributed by atoms with van der Waals surface area (Å²) < 4.78 is 13.2. The largest absolute Gasteiger partial charge is 0.454 e. The molecule has 0 spiro atoms. The molecule has 2 heterocycles. The van der Waals surface area contributed by atoms with Crippen LogP contribution in [0, 0.1) is 0 Å². The van der Waals surface area contributed by atoms with E-state index < -0.39 is 0 Å². The molecular formula is C27H35N3O2. The van der Waals surface area contributed by atoms with Crippen LogP contribution in [0.15, 0.2) is 48.5 Å². The number of hydrogen-bond acceptors (Lipinski definition) is 4. The average Bonchev–Trinajstić information content (AvgIpc) is 3.40. The maximum atomic E-state index is 5.60. The smallest absolute Gasteiger partial charge is 0.231 e. The molecule has 1 aromatic heterocycles. The number of ether oxygens (including phenoxy) is 2. The van der Waals surface area contributed by atoms with E-state index in [9.17, 15) is 0 Å². The van der Waals surface area contributed by atoms with Gasteiger partial charge in [0.25, 0.3) is 0 Å². The Morgan fingerprint density at radius 3 is 2.50 bits per heavy atom. The zero-order valence-corrected chi connectivity index (χ0v) is 19.6. The molecular weight excluding hydrogens is 398 g/mol. The van der Waals surface area contributed by atoms with Crippen molar-refractivity contribution < 1.29 is 9.47 Å². The fraction of sp³-hybridized carbons (Fsp3) is 0.444. The first kappa shape index (κ1) is 22.4. The molecule has 170 valence electrons. The molecule has 2 aromatic carbocycles. The molecule has 1 aliphatic heterocycles. The van der Waals surface area contributed by atoms with E-state index in [0.29, 0.717) is 6.79 Å². The summed E-state index contributed by atoms with van der Waals surface area (Å²) in [5.74, 6) is 1.70. The van der Waals surface area contributed by atoms with Crippen molar-refractivity contribution in [3.8, 4) is 22.8 Å². The zero-order valence-electron chi connectivity index (χ0n) is 19.6. The predicted molar refractivity (Wildman–Crippen MR) is 129 cm³/mol. The normalized spacial score (nSPS) is 12.6. The summed E-state index contributed by atoms with van der Waals surface area (Å²) in [7, 11) is 2.09. The molecule has 0 N–H and O–H groups in total. The number of unbranched alkanes of at least 4 members (excludes halogenated alkanes) is 2. The second-order valence-corrected chi connectivity index (χ2v) is 8.62. The molecule has 0 saturated carbocycles. The van der Waals surface area contributed by atoms with Crippen LogP contribution in [-0.2, 0) is 26.6 Å². The van der Waals surface area contributed by atoms with E-state index in [4.69, 9.17) is 14.6 Å². The van der Waals surface area contributed by atoms with E-state index in [1.54, 1.807) is 0 Å². The minimum absolute atomic E-state index is 0.316. The Labute approximate surface area is 192 Å². The quantitative estimate of drug-likeness (QED) is 0.374. The third-order valence-corrected chi connectivity index (χ3v) is 6.15. The molecule has 5 nitrogen and oxygen atoms in total. The van der Waals surface area contributed by atoms with Gasteiger partial charge in [-0.3, -0.25) is 9.58 Å². The van der Waals surface area contributed by atoms with Gasteiger partial charge >= 0.3 is 0 Å². The van der Waals surface area contributed by atoms with Crippen molar-refractivity contribution in [3.05, 3.63) is 65.4 Å². The summed E-state index contributed by atoms with van der Waals surface area (Å²) >= 11 is 0. The van der Waals surface area contributed by atoms with Gasteiger partial charge in [-0.25, -0.2) is 0 Å². The van der Waals surface area contributed by atoms with Gasteiger partial charge in [0.15, 0.2) is 11.5 Å². The van der Waals surface area contributed by atoms with Crippen molar-refractivity contribution in [2.45, 2.75) is 59.0 Å². The highest BCUT2D eigenvalue weighted by Crippen LogP contribution is 2.33. The van der Waals surface area contributed by atoms with Gasteiger partial charge < -0.3 is 9.47 Å². The van der Waals surface area contributed by atoms with Crippen LogP contribution >= 0.6 is 0 Å². The molecule has 0 amide bonds. The van der Waals surface area contributed by atoms with E-state index >= 15 is 0 Å². The Balaban J connectivity index is 1.61. The lowest BCUT2D eigenvalue weighted by atomic mass is 10.0. The van der Waals surface area contributed by atoms with Gasteiger partial charge in [0.1, 0.15) is 0 Å². The van der Waals surface area contributed by atoms with Crippen LogP contribution in [0.1, 0.15) is 56.4 Å². The van der Waals surface area contributed by atoms with Gasteiger partial charge in [-0.1, -0.05) is 63.1 Å². The molecule has 3 aromatic rings. The third kappa shape index (κ3) is 5.16. The Bertz CT molecular complexity index is 1010. The van der Waals surface area contributed by atoms with Crippen molar-refractivity contribution in [2.75, 3.05) is 13.3 Å². The Hall–Kier alpha value is -2.79. The van der Waals surface area contributed by atoms with Gasteiger partial charge in [0.05, 0.1) is 11.4 Å². The van der Waals surface area contributed by atoms with Crippen LogP contribution in [-0.4, -0.2) is 28.0 Å². The zero-order chi connectivity index (χ0) is 22.3. The van der Waals surface area contributed by atoms with Gasteiger partial charge in [-0.15, -0.1) is 0 Å². The van der Waals surface area contributed by atoms with Crippen LogP contribution in [0.2, 0.25) is 0 Å². The first-order valence-electron chi connectivity index (χ1n) is 11.9. The Morgan fingerprint density at radius 1 is 0.938 bits per heavy atom. The topological polar surface area (TPSA) is 39.5 Å². The predicted octanol–water partition coefficient (Wildman–Crippen LogP) is 5.96. The lowest BCUT2D eigenvalue weighted by Crippen LogP contribution is -2.26. The van der Waals surface area contributed by atoms with Crippen molar-refractivity contribution in [1.82, 2.24) is 14.7 Å². The number of rotatable bonds is 11. The van der Waals surface area contributed by atoms with E-state index in [1.165, 1.54) is 48.1 Å². The highest BCUT2D eigenvalue weighted by atomic mass is 16.7. The molecule has 0 unspecified atom stereocenters. The van der Waals surface area contributed by atoms with E-state index in [1.807, 2.05) is 6.07 Å². The van der Waals surface area contributed by atoms with Gasteiger partial charge in [0.2, 0.25) is 6.79 Å². The maximum absolute atomic E-state index is 5.60. The molecule has 5 heteroatoms. The summed E-state index contributed by atoms with van der Waals surface area (Å²) in [5.41, 5.74) is 6.32. The standard InChI is InChI=1S/C27H35N3O2/c1-4-6-13-23-24(29(3)28-27(23)22-11-9-8-10-12-22)19-30(16-7-5-2)18-21-14-15-25-26(17-21)32-20-31-25/h8-12,14-15,17H,4-7,13,16,18-20H2,1-3H3. The molecule has 4 rings (SSSR count). The maximum Gasteiger partial charge on any atom is 0.231 e. The summed E-state index contributed by atoms with van der Waals surface area (Å²) in [5, 5.41) is 4.97. The van der Waals surface area contributed by atoms with Crippen molar-refractivity contribution in [3.63, 3.8) is 0 Å². The van der Waals surface area contributed by atoms with E-state index in [-0.39, 0.29) is 0 Å². The minimum Gasteiger partial charge on any atom is -0.454 e. The first-order chi connectivity index (χ1) is 15.7. The lowest BCUT2D eigenvalue weighted by Gasteiger charge is -2.23. The Morgan fingerprint density at radius 2 is 1.72 bits per heavy atom. The van der Waals surface area contributed by atoms with Crippen LogP contribution < -0.4 is 9.47 Å². The average molecular weight is 434 g/mol. The fourth-order valence-electron chi connectivity index (χ4n) is 4.35. The highest BCUT2D eigenvalue weighted by Gasteiger charge is 2.20. The molecule has 32 heavy (non-hydrogen) atoms. The summed E-state index contributed by atoms with van der Waals surface area (Å²) in [4.78, 5) is 2.54. The minimum atomic E-state index is 0.316. The number of hydrogen-bond donors (Lipinski definition) is 0. The molecule has 0 atom stereocenters. The Kier molecular flexibility index (Phi) is 7.48. The second kappa shape index (κ2) is 10.7. The molecule has 1 aliphatic rings. The number of aryl methyl sites for hydroxylation is 1. The molecule has 0 radical (unpaired) electrons. The summed E-state index contributed by atoms with van der Waals surface area (Å²) in [6.45, 7) is 7.66. The lowest BCUT2D eigenvalue weighted by molar-refractivity contribution is 0.174. The van der Waals surface area contributed by atoms with Gasteiger partial charge in [-0.05, 0) is 43.5 Å². The molecule has 0 bridgehead atoms. The van der Waals surface area contributed by atoms with Crippen LogP contribution in [0.5, 0.6) is 11.5 Å². The van der Waals surface area contributed by atoms with Crippen LogP contribution in [0.25, 0.3) is 11.3 Å². The van der Waals surface area contributed by atoms with Crippen molar-refractivity contribution >= 4 is 0 Å². The second-order valence-electron chi connectivity index (χ2n) is 8.62.